The van der Waals surface area contributed by atoms with Gasteiger partial charge in [-0.2, -0.15) is 8.78 Å². The van der Waals surface area contributed by atoms with E-state index in [4.69, 9.17) is 0 Å². The largest absolute Gasteiger partial charge is 0.309 e. The number of rotatable bonds is 4. The summed E-state index contributed by atoms with van der Waals surface area (Å²) in [5.74, 6) is 0. The molecule has 0 radical (unpaired) electrons. The van der Waals surface area contributed by atoms with E-state index in [1.54, 1.807) is 12.3 Å². The van der Waals surface area contributed by atoms with Gasteiger partial charge in [-0.25, -0.2) is 0 Å². The fourth-order valence-electron chi connectivity index (χ4n) is 1.95. The quantitative estimate of drug-likeness (QED) is 0.757. The molecule has 2 aromatic carbocycles. The Balaban J connectivity index is 2.46. The lowest BCUT2D eigenvalue weighted by Crippen LogP contribution is -2.19. The van der Waals surface area contributed by atoms with E-state index in [9.17, 15) is 8.78 Å². The molecule has 0 amide bonds. The fraction of sp³-hybridized carbons (Fsp3) is 0.286. The SMILES string of the molecule is CSC(c1ccc2ccccc2c1)C(F)(F)SC. The second-order valence-corrected chi connectivity index (χ2v) is 5.88. The van der Waals surface area contributed by atoms with Crippen molar-refractivity contribution in [2.75, 3.05) is 12.5 Å². The second-order valence-electron chi connectivity index (χ2n) is 3.99. The predicted molar refractivity (Wildman–Crippen MR) is 78.7 cm³/mol. The highest BCUT2D eigenvalue weighted by Crippen LogP contribution is 2.47. The lowest BCUT2D eigenvalue weighted by atomic mass is 10.1. The van der Waals surface area contributed by atoms with Crippen LogP contribution in [0.4, 0.5) is 8.78 Å². The Bertz CT molecular complexity index is 540. The molecule has 0 heterocycles. The minimum atomic E-state index is -2.75. The summed E-state index contributed by atoms with van der Waals surface area (Å²) in [5.41, 5.74) is 0.681. The van der Waals surface area contributed by atoms with Crippen LogP contribution in [0.15, 0.2) is 42.5 Å². The molecule has 0 N–H and O–H groups in total. The number of thioether (sulfide) groups is 2. The molecule has 0 saturated heterocycles. The molecule has 4 heteroatoms. The third-order valence-corrected chi connectivity index (χ3v) is 4.86. The normalized spacial score (nSPS) is 13.8. The van der Waals surface area contributed by atoms with E-state index in [1.807, 2.05) is 36.4 Å². The zero-order valence-corrected chi connectivity index (χ0v) is 11.8. The first-order valence-corrected chi connectivity index (χ1v) is 8.04. The van der Waals surface area contributed by atoms with Crippen molar-refractivity contribution < 1.29 is 8.78 Å². The Hall–Kier alpha value is -0.740. The summed E-state index contributed by atoms with van der Waals surface area (Å²) in [7, 11) is 0. The molecule has 2 aromatic rings. The topological polar surface area (TPSA) is 0 Å². The molecule has 1 unspecified atom stereocenters. The standard InChI is InChI=1S/C14H14F2S2/c1-17-13(14(15,16)18-2)12-8-7-10-5-3-4-6-11(10)9-12/h3-9,13H,1-2H3. The molecule has 2 rings (SSSR count). The van der Waals surface area contributed by atoms with Crippen LogP contribution in [-0.4, -0.2) is 17.8 Å². The average molecular weight is 284 g/mol. The molecule has 0 bridgehead atoms. The van der Waals surface area contributed by atoms with Crippen LogP contribution >= 0.6 is 23.5 Å². The highest BCUT2D eigenvalue weighted by Gasteiger charge is 2.39. The van der Waals surface area contributed by atoms with Gasteiger partial charge in [0.1, 0.15) is 5.25 Å². The van der Waals surface area contributed by atoms with Gasteiger partial charge in [-0.1, -0.05) is 48.2 Å². The third-order valence-electron chi connectivity index (χ3n) is 2.89. The molecule has 0 spiro atoms. The molecular formula is C14H14F2S2. The van der Waals surface area contributed by atoms with E-state index in [2.05, 4.69) is 0 Å². The van der Waals surface area contributed by atoms with Crippen molar-refractivity contribution in [3.05, 3.63) is 48.0 Å². The van der Waals surface area contributed by atoms with Crippen molar-refractivity contribution in [3.63, 3.8) is 0 Å². The van der Waals surface area contributed by atoms with Crippen LogP contribution in [-0.2, 0) is 0 Å². The fourth-order valence-corrected chi connectivity index (χ4v) is 3.57. The lowest BCUT2D eigenvalue weighted by molar-refractivity contribution is 0.104. The van der Waals surface area contributed by atoms with Crippen LogP contribution in [0.25, 0.3) is 10.8 Å². The molecule has 0 fully saturated rings. The maximum Gasteiger partial charge on any atom is 0.309 e. The molecule has 0 aliphatic rings. The monoisotopic (exact) mass is 284 g/mol. The minimum Gasteiger partial charge on any atom is -0.193 e. The van der Waals surface area contributed by atoms with Crippen LogP contribution in [0, 0.1) is 0 Å². The molecule has 18 heavy (non-hydrogen) atoms. The molecule has 0 aromatic heterocycles. The lowest BCUT2D eigenvalue weighted by Gasteiger charge is -2.24. The van der Waals surface area contributed by atoms with E-state index >= 15 is 0 Å². The third kappa shape index (κ3) is 2.64. The van der Waals surface area contributed by atoms with Crippen LogP contribution in [0.3, 0.4) is 0 Å². The molecular weight excluding hydrogens is 270 g/mol. The van der Waals surface area contributed by atoms with Gasteiger partial charge < -0.3 is 0 Å². The highest BCUT2D eigenvalue weighted by atomic mass is 32.2. The van der Waals surface area contributed by atoms with E-state index in [1.165, 1.54) is 18.0 Å². The van der Waals surface area contributed by atoms with E-state index < -0.39 is 10.5 Å². The number of fused-ring (bicyclic) bond motifs is 1. The first-order chi connectivity index (χ1) is 8.58. The second kappa shape index (κ2) is 5.49. The first kappa shape index (κ1) is 13.7. The van der Waals surface area contributed by atoms with Crippen molar-refractivity contribution in [1.29, 1.82) is 0 Å². The summed E-state index contributed by atoms with van der Waals surface area (Å²) in [6, 6.07) is 13.4. The summed E-state index contributed by atoms with van der Waals surface area (Å²) in [4.78, 5) is 0. The number of benzene rings is 2. The summed E-state index contributed by atoms with van der Waals surface area (Å²) in [5, 5.41) is -1.47. The number of hydrogen-bond acceptors (Lipinski definition) is 2. The van der Waals surface area contributed by atoms with Crippen molar-refractivity contribution in [1.82, 2.24) is 0 Å². The molecule has 0 aliphatic carbocycles. The zero-order chi connectivity index (χ0) is 13.2. The number of alkyl halides is 2. The molecule has 96 valence electrons. The Morgan fingerprint density at radius 3 is 2.28 bits per heavy atom. The van der Waals surface area contributed by atoms with E-state index in [0.717, 1.165) is 10.8 Å². The van der Waals surface area contributed by atoms with Crippen molar-refractivity contribution in [3.8, 4) is 0 Å². The zero-order valence-electron chi connectivity index (χ0n) is 10.2. The Labute approximate surface area is 114 Å². The van der Waals surface area contributed by atoms with Crippen LogP contribution < -0.4 is 0 Å². The van der Waals surface area contributed by atoms with Crippen molar-refractivity contribution >= 4 is 34.3 Å². The summed E-state index contributed by atoms with van der Waals surface area (Å²) >= 11 is 1.80. The molecule has 0 saturated carbocycles. The summed E-state index contributed by atoms with van der Waals surface area (Å²) in [6.45, 7) is 0. The Morgan fingerprint density at radius 1 is 1.00 bits per heavy atom. The summed E-state index contributed by atoms with van der Waals surface area (Å²) < 4.78 is 27.7. The highest BCUT2D eigenvalue weighted by molar-refractivity contribution is 8.03. The van der Waals surface area contributed by atoms with Gasteiger partial charge in [0.05, 0.1) is 0 Å². The van der Waals surface area contributed by atoms with Crippen molar-refractivity contribution in [2.24, 2.45) is 0 Å². The van der Waals surface area contributed by atoms with Crippen LogP contribution in [0.1, 0.15) is 10.8 Å². The van der Waals surface area contributed by atoms with Gasteiger partial charge in [0.25, 0.3) is 0 Å². The van der Waals surface area contributed by atoms with Gasteiger partial charge in [-0.05, 0) is 34.9 Å². The van der Waals surface area contributed by atoms with Gasteiger partial charge in [0, 0.05) is 0 Å². The molecule has 1 atom stereocenters. The average Bonchev–Trinajstić information content (AvgIpc) is 2.39. The van der Waals surface area contributed by atoms with Gasteiger partial charge in [0.15, 0.2) is 0 Å². The van der Waals surface area contributed by atoms with Crippen LogP contribution in [0.2, 0.25) is 0 Å². The smallest absolute Gasteiger partial charge is 0.193 e. The number of hydrogen-bond donors (Lipinski definition) is 0. The van der Waals surface area contributed by atoms with Crippen molar-refractivity contribution in [2.45, 2.75) is 10.5 Å². The maximum atomic E-state index is 13.8. The van der Waals surface area contributed by atoms with Gasteiger partial charge in [-0.15, -0.1) is 11.8 Å². The molecule has 0 nitrogen and oxygen atoms in total. The summed E-state index contributed by atoms with van der Waals surface area (Å²) in [6.07, 6.45) is 3.17. The predicted octanol–water partition coefficient (Wildman–Crippen LogP) is 5.20. The first-order valence-electron chi connectivity index (χ1n) is 5.53. The van der Waals surface area contributed by atoms with Gasteiger partial charge >= 0.3 is 5.25 Å². The van der Waals surface area contributed by atoms with Gasteiger partial charge in [0.2, 0.25) is 0 Å². The minimum absolute atomic E-state index is 0.606. The Kier molecular flexibility index (Phi) is 4.17. The van der Waals surface area contributed by atoms with E-state index in [0.29, 0.717) is 17.3 Å². The van der Waals surface area contributed by atoms with E-state index in [-0.39, 0.29) is 0 Å². The maximum absolute atomic E-state index is 13.8. The molecule has 0 aliphatic heterocycles. The Morgan fingerprint density at radius 2 is 1.67 bits per heavy atom. The van der Waals surface area contributed by atoms with Gasteiger partial charge in [-0.3, -0.25) is 0 Å². The van der Waals surface area contributed by atoms with Crippen LogP contribution in [0.5, 0.6) is 0 Å². The number of halogens is 2.